The van der Waals surface area contributed by atoms with Crippen LogP contribution in [0.25, 0.3) is 10.8 Å². The molecule has 0 atom stereocenters. The molecule has 0 aliphatic heterocycles. The Morgan fingerprint density at radius 2 is 1.83 bits per heavy atom. The summed E-state index contributed by atoms with van der Waals surface area (Å²) < 4.78 is 1.80. The highest BCUT2D eigenvalue weighted by Gasteiger charge is 2.16. The number of benzene rings is 3. The second kappa shape index (κ2) is 11.4. The fourth-order valence-corrected chi connectivity index (χ4v) is 4.65. The van der Waals surface area contributed by atoms with Gasteiger partial charge >= 0.3 is 0 Å². The Kier molecular flexibility index (Phi) is 8.07. The zero-order chi connectivity index (χ0) is 24.8. The molecule has 178 valence electrons. The highest BCUT2D eigenvalue weighted by atomic mass is 35.5. The maximum absolute atomic E-state index is 12.5. The van der Waals surface area contributed by atoms with Crippen LogP contribution in [0.5, 0.6) is 0 Å². The molecule has 0 aliphatic rings. The summed E-state index contributed by atoms with van der Waals surface area (Å²) in [6.45, 7) is 4.33. The predicted octanol–water partition coefficient (Wildman–Crippen LogP) is 5.58. The molecule has 3 aromatic carbocycles. The van der Waals surface area contributed by atoms with Crippen molar-refractivity contribution in [3.05, 3.63) is 94.8 Å². The molecule has 0 saturated heterocycles. The molecule has 0 bridgehead atoms. The van der Waals surface area contributed by atoms with E-state index >= 15 is 0 Å². The van der Waals surface area contributed by atoms with Crippen molar-refractivity contribution in [3.63, 3.8) is 0 Å². The minimum Gasteiger partial charge on any atom is -0.345 e. The summed E-state index contributed by atoms with van der Waals surface area (Å²) in [7, 11) is 0. The lowest BCUT2D eigenvalue weighted by molar-refractivity contribution is -0.113. The van der Waals surface area contributed by atoms with E-state index in [2.05, 4.69) is 27.4 Å². The number of allylic oxidation sites excluding steroid dienone is 1. The molecule has 2 N–H and O–H groups in total. The molecular weight excluding hydrogens is 505 g/mol. The van der Waals surface area contributed by atoms with Gasteiger partial charge in [-0.1, -0.05) is 71.4 Å². The summed E-state index contributed by atoms with van der Waals surface area (Å²) in [4.78, 5) is 25.1. The van der Waals surface area contributed by atoms with E-state index in [1.165, 1.54) is 17.8 Å². The molecule has 0 saturated carbocycles. The van der Waals surface area contributed by atoms with Crippen molar-refractivity contribution in [3.8, 4) is 0 Å². The Bertz CT molecular complexity index is 1410. The standard InChI is InChI=1S/C25H21Cl2N5O2S/c1-2-11-32-22(14-28-24(34)20-10-8-18(26)13-21(20)27)30-31-25(32)35-15-23(33)29-19-9-7-16-5-3-4-6-17(16)12-19/h2-10,12-13H,1,11,14-15H2,(H,28,34)(H,29,33). The van der Waals surface area contributed by atoms with Crippen molar-refractivity contribution in [2.45, 2.75) is 18.2 Å². The van der Waals surface area contributed by atoms with E-state index in [1.54, 1.807) is 22.8 Å². The number of thioether (sulfide) groups is 1. The summed E-state index contributed by atoms with van der Waals surface area (Å²) in [5.74, 6) is 0.157. The largest absolute Gasteiger partial charge is 0.345 e. The average molecular weight is 526 g/mol. The molecule has 1 aromatic heterocycles. The number of nitrogens with zero attached hydrogens (tertiary/aromatic N) is 3. The van der Waals surface area contributed by atoms with Crippen LogP contribution in [-0.2, 0) is 17.9 Å². The highest BCUT2D eigenvalue weighted by molar-refractivity contribution is 7.99. The maximum Gasteiger partial charge on any atom is 0.253 e. The van der Waals surface area contributed by atoms with E-state index in [4.69, 9.17) is 23.2 Å². The van der Waals surface area contributed by atoms with Gasteiger partial charge in [-0.25, -0.2) is 0 Å². The zero-order valence-corrected chi connectivity index (χ0v) is 20.8. The number of nitrogens with one attached hydrogen (secondary N) is 2. The van der Waals surface area contributed by atoms with Crippen molar-refractivity contribution in [2.75, 3.05) is 11.1 Å². The van der Waals surface area contributed by atoms with E-state index in [1.807, 2.05) is 42.5 Å². The topological polar surface area (TPSA) is 88.9 Å². The molecule has 0 fully saturated rings. The Morgan fingerprint density at radius 3 is 2.60 bits per heavy atom. The molecule has 10 heteroatoms. The first-order valence-corrected chi connectivity index (χ1v) is 12.4. The Labute approximate surface area is 216 Å². The SMILES string of the molecule is C=CCn1c(CNC(=O)c2ccc(Cl)cc2Cl)nnc1SCC(=O)Nc1ccc2ccccc2c1. The number of amides is 2. The summed E-state index contributed by atoms with van der Waals surface area (Å²) in [5, 5.41) is 17.5. The summed E-state index contributed by atoms with van der Waals surface area (Å²) >= 11 is 13.3. The maximum atomic E-state index is 12.5. The molecule has 4 aromatic rings. The minimum absolute atomic E-state index is 0.127. The van der Waals surface area contributed by atoms with E-state index < -0.39 is 0 Å². The van der Waals surface area contributed by atoms with E-state index in [0.717, 1.165) is 16.5 Å². The molecule has 7 nitrogen and oxygen atoms in total. The number of rotatable bonds is 9. The number of carbonyl (C=O) groups excluding carboxylic acids is 2. The summed E-state index contributed by atoms with van der Waals surface area (Å²) in [6.07, 6.45) is 1.70. The van der Waals surface area contributed by atoms with Crippen molar-refractivity contribution >= 4 is 63.2 Å². The van der Waals surface area contributed by atoms with Crippen LogP contribution in [0, 0.1) is 0 Å². The van der Waals surface area contributed by atoms with Gasteiger partial charge in [-0.15, -0.1) is 16.8 Å². The minimum atomic E-state index is -0.358. The molecule has 35 heavy (non-hydrogen) atoms. The van der Waals surface area contributed by atoms with Crippen molar-refractivity contribution in [1.82, 2.24) is 20.1 Å². The summed E-state index contributed by atoms with van der Waals surface area (Å²) in [5.41, 5.74) is 1.04. The zero-order valence-electron chi connectivity index (χ0n) is 18.5. The number of fused-ring (bicyclic) bond motifs is 1. The van der Waals surface area contributed by atoms with E-state index in [9.17, 15) is 9.59 Å². The lowest BCUT2D eigenvalue weighted by Crippen LogP contribution is -2.25. The number of anilines is 1. The first-order chi connectivity index (χ1) is 16.9. The van der Waals surface area contributed by atoms with Gasteiger partial charge in [0.1, 0.15) is 0 Å². The van der Waals surface area contributed by atoms with Crippen LogP contribution in [0.2, 0.25) is 10.0 Å². The number of hydrogen-bond donors (Lipinski definition) is 2. The predicted molar refractivity (Wildman–Crippen MR) is 141 cm³/mol. The van der Waals surface area contributed by atoms with Crippen LogP contribution in [-0.4, -0.2) is 32.3 Å². The van der Waals surface area contributed by atoms with Crippen LogP contribution >= 0.6 is 35.0 Å². The lowest BCUT2D eigenvalue weighted by atomic mass is 10.1. The van der Waals surface area contributed by atoms with Gasteiger partial charge in [0.05, 0.1) is 22.9 Å². The molecule has 0 radical (unpaired) electrons. The fraction of sp³-hybridized carbons (Fsp3) is 0.120. The monoisotopic (exact) mass is 525 g/mol. The highest BCUT2D eigenvalue weighted by Crippen LogP contribution is 2.22. The fourth-order valence-electron chi connectivity index (χ4n) is 3.39. The summed E-state index contributed by atoms with van der Waals surface area (Å²) in [6, 6.07) is 18.4. The third-order valence-electron chi connectivity index (χ3n) is 5.05. The quantitative estimate of drug-likeness (QED) is 0.220. The van der Waals surface area contributed by atoms with Gasteiger partial charge in [-0.05, 0) is 41.1 Å². The molecule has 4 rings (SSSR count). The molecule has 2 amide bonds. The van der Waals surface area contributed by atoms with E-state index in [0.29, 0.717) is 28.1 Å². The van der Waals surface area contributed by atoms with Crippen LogP contribution in [0.15, 0.2) is 78.5 Å². The average Bonchev–Trinajstić information content (AvgIpc) is 3.23. The third-order valence-corrected chi connectivity index (χ3v) is 6.57. The van der Waals surface area contributed by atoms with E-state index in [-0.39, 0.29) is 29.1 Å². The van der Waals surface area contributed by atoms with Gasteiger partial charge in [-0.2, -0.15) is 0 Å². The van der Waals surface area contributed by atoms with Gasteiger partial charge in [0.15, 0.2) is 11.0 Å². The van der Waals surface area contributed by atoms with Crippen LogP contribution < -0.4 is 10.6 Å². The molecule has 0 aliphatic carbocycles. The van der Waals surface area contributed by atoms with Gasteiger partial charge in [0, 0.05) is 17.3 Å². The number of halogens is 2. The first kappa shape index (κ1) is 24.8. The Hall–Kier alpha value is -3.33. The molecule has 0 spiro atoms. The Morgan fingerprint density at radius 1 is 1.03 bits per heavy atom. The van der Waals surface area contributed by atoms with Crippen LogP contribution in [0.1, 0.15) is 16.2 Å². The van der Waals surface area contributed by atoms with Crippen LogP contribution in [0.4, 0.5) is 5.69 Å². The molecular formula is C25H21Cl2N5O2S. The van der Waals surface area contributed by atoms with Crippen molar-refractivity contribution in [1.29, 1.82) is 0 Å². The first-order valence-electron chi connectivity index (χ1n) is 10.6. The van der Waals surface area contributed by atoms with Crippen molar-refractivity contribution < 1.29 is 9.59 Å². The normalized spacial score (nSPS) is 10.8. The number of carbonyl (C=O) groups is 2. The van der Waals surface area contributed by atoms with Gasteiger partial charge in [0.2, 0.25) is 5.91 Å². The van der Waals surface area contributed by atoms with Gasteiger partial charge in [0.25, 0.3) is 5.91 Å². The second-order valence-electron chi connectivity index (χ2n) is 7.50. The lowest BCUT2D eigenvalue weighted by Gasteiger charge is -2.10. The van der Waals surface area contributed by atoms with Gasteiger partial charge in [-0.3, -0.25) is 9.59 Å². The third kappa shape index (κ3) is 6.22. The second-order valence-corrected chi connectivity index (χ2v) is 9.29. The van der Waals surface area contributed by atoms with Gasteiger partial charge < -0.3 is 15.2 Å². The molecule has 1 heterocycles. The van der Waals surface area contributed by atoms with Crippen molar-refractivity contribution in [2.24, 2.45) is 0 Å². The number of aromatic nitrogens is 3. The molecule has 0 unspecified atom stereocenters. The Balaban J connectivity index is 1.38. The smallest absolute Gasteiger partial charge is 0.253 e. The number of hydrogen-bond acceptors (Lipinski definition) is 5. The van der Waals surface area contributed by atoms with Crippen LogP contribution in [0.3, 0.4) is 0 Å².